The molecular formula is C18H27BrN2O3. The van der Waals surface area contributed by atoms with Crippen molar-refractivity contribution in [3.8, 4) is 5.75 Å². The zero-order valence-electron chi connectivity index (χ0n) is 14.8. The molecule has 1 saturated heterocycles. The second kappa shape index (κ2) is 8.83. The van der Waals surface area contributed by atoms with Crippen LogP contribution in [0.2, 0.25) is 0 Å². The van der Waals surface area contributed by atoms with E-state index in [1.54, 1.807) is 6.92 Å². The maximum atomic E-state index is 12.2. The van der Waals surface area contributed by atoms with Gasteiger partial charge in [0, 0.05) is 26.2 Å². The summed E-state index contributed by atoms with van der Waals surface area (Å²) in [6, 6.07) is 5.81. The van der Waals surface area contributed by atoms with Crippen molar-refractivity contribution in [2.75, 3.05) is 26.2 Å². The van der Waals surface area contributed by atoms with Gasteiger partial charge in [0.2, 0.25) is 0 Å². The molecule has 1 aromatic carbocycles. The van der Waals surface area contributed by atoms with Gasteiger partial charge in [-0.1, -0.05) is 6.07 Å². The van der Waals surface area contributed by atoms with E-state index in [0.717, 1.165) is 29.7 Å². The van der Waals surface area contributed by atoms with Crippen molar-refractivity contribution in [3.05, 3.63) is 28.2 Å². The van der Waals surface area contributed by atoms with Gasteiger partial charge in [0.25, 0.3) is 5.91 Å². The maximum Gasteiger partial charge on any atom is 0.260 e. The minimum atomic E-state index is -0.536. The van der Waals surface area contributed by atoms with Crippen LogP contribution in [0.1, 0.15) is 26.3 Å². The SMILES string of the molecule is Cc1ccc(OC(C)C(=O)NCCN2CC(C)OC(C)C2)c(Br)c1. The number of amides is 1. The fourth-order valence-electron chi connectivity index (χ4n) is 2.89. The molecule has 1 aliphatic heterocycles. The number of carbonyl (C=O) groups excluding carboxylic acids is 1. The lowest BCUT2D eigenvalue weighted by Crippen LogP contribution is -2.48. The number of aryl methyl sites for hydroxylation is 1. The monoisotopic (exact) mass is 398 g/mol. The molecule has 0 aliphatic carbocycles. The molecule has 1 aliphatic rings. The van der Waals surface area contributed by atoms with E-state index in [0.29, 0.717) is 12.3 Å². The van der Waals surface area contributed by atoms with Crippen LogP contribution in [0, 0.1) is 6.92 Å². The molecule has 2 rings (SSSR count). The predicted molar refractivity (Wildman–Crippen MR) is 98.4 cm³/mol. The van der Waals surface area contributed by atoms with Crippen LogP contribution in [0.3, 0.4) is 0 Å². The summed E-state index contributed by atoms with van der Waals surface area (Å²) in [7, 11) is 0. The molecule has 1 fully saturated rings. The zero-order valence-corrected chi connectivity index (χ0v) is 16.4. The van der Waals surface area contributed by atoms with Gasteiger partial charge in [-0.25, -0.2) is 0 Å². The second-order valence-corrected chi connectivity index (χ2v) is 7.36. The minimum Gasteiger partial charge on any atom is -0.480 e. The summed E-state index contributed by atoms with van der Waals surface area (Å²) in [5.74, 6) is 0.580. The number of morpholine rings is 1. The Morgan fingerprint density at radius 3 is 2.71 bits per heavy atom. The van der Waals surface area contributed by atoms with Gasteiger partial charge in [-0.2, -0.15) is 0 Å². The predicted octanol–water partition coefficient (Wildman–Crippen LogP) is 2.75. The average molecular weight is 399 g/mol. The Hall–Kier alpha value is -1.11. The third kappa shape index (κ3) is 5.76. The molecule has 6 heteroatoms. The van der Waals surface area contributed by atoms with Gasteiger partial charge in [-0.15, -0.1) is 0 Å². The quantitative estimate of drug-likeness (QED) is 0.800. The Morgan fingerprint density at radius 2 is 2.08 bits per heavy atom. The van der Waals surface area contributed by atoms with E-state index in [1.807, 2.05) is 25.1 Å². The van der Waals surface area contributed by atoms with E-state index in [-0.39, 0.29) is 18.1 Å². The van der Waals surface area contributed by atoms with E-state index in [2.05, 4.69) is 40.0 Å². The number of nitrogens with one attached hydrogen (secondary N) is 1. The summed E-state index contributed by atoms with van der Waals surface area (Å²) in [5.41, 5.74) is 1.14. The number of hydrogen-bond acceptors (Lipinski definition) is 4. The third-order valence-corrected chi connectivity index (χ3v) is 4.60. The zero-order chi connectivity index (χ0) is 17.7. The molecule has 3 atom stereocenters. The molecule has 0 radical (unpaired) electrons. The highest BCUT2D eigenvalue weighted by atomic mass is 79.9. The molecule has 5 nitrogen and oxygen atoms in total. The summed E-state index contributed by atoms with van der Waals surface area (Å²) in [4.78, 5) is 14.5. The van der Waals surface area contributed by atoms with Crippen molar-refractivity contribution in [3.63, 3.8) is 0 Å². The molecule has 0 bridgehead atoms. The number of ether oxygens (including phenoxy) is 2. The van der Waals surface area contributed by atoms with E-state index in [9.17, 15) is 4.79 Å². The maximum absolute atomic E-state index is 12.2. The highest BCUT2D eigenvalue weighted by Gasteiger charge is 2.22. The Balaban J connectivity index is 1.75. The number of halogens is 1. The molecule has 0 aromatic heterocycles. The molecule has 134 valence electrons. The van der Waals surface area contributed by atoms with Gasteiger partial charge < -0.3 is 14.8 Å². The number of carbonyl (C=O) groups is 1. The number of rotatable bonds is 6. The first-order chi connectivity index (χ1) is 11.3. The first-order valence-electron chi connectivity index (χ1n) is 8.43. The standard InChI is InChI=1S/C18H27BrN2O3/c1-12-5-6-17(16(19)9-12)24-15(4)18(22)20-7-8-21-10-13(2)23-14(3)11-21/h5-6,9,13-15H,7-8,10-11H2,1-4H3,(H,20,22). The van der Waals surface area contributed by atoms with Gasteiger partial charge in [-0.3, -0.25) is 9.69 Å². The normalized spacial score (nSPS) is 22.9. The molecule has 1 amide bonds. The third-order valence-electron chi connectivity index (χ3n) is 3.98. The van der Waals surface area contributed by atoms with Crippen LogP contribution in [-0.2, 0) is 9.53 Å². The Labute approximate surface area is 152 Å². The average Bonchev–Trinajstić information content (AvgIpc) is 2.49. The minimum absolute atomic E-state index is 0.100. The van der Waals surface area contributed by atoms with E-state index in [1.165, 1.54) is 0 Å². The Kier molecular flexibility index (Phi) is 7.07. The number of nitrogens with zero attached hydrogens (tertiary/aromatic N) is 1. The Bertz CT molecular complexity index is 557. The van der Waals surface area contributed by atoms with Crippen LogP contribution in [0.4, 0.5) is 0 Å². The highest BCUT2D eigenvalue weighted by Crippen LogP contribution is 2.26. The number of benzene rings is 1. The van der Waals surface area contributed by atoms with Crippen LogP contribution in [0.5, 0.6) is 5.75 Å². The van der Waals surface area contributed by atoms with Gasteiger partial charge >= 0.3 is 0 Å². The van der Waals surface area contributed by atoms with Crippen molar-refractivity contribution in [1.82, 2.24) is 10.2 Å². The topological polar surface area (TPSA) is 50.8 Å². The summed E-state index contributed by atoms with van der Waals surface area (Å²) < 4.78 is 12.3. The van der Waals surface area contributed by atoms with Crippen LogP contribution in [0.15, 0.2) is 22.7 Å². The molecule has 1 aromatic rings. The molecule has 1 heterocycles. The second-order valence-electron chi connectivity index (χ2n) is 6.50. The van der Waals surface area contributed by atoms with Crippen molar-refractivity contribution < 1.29 is 14.3 Å². The number of hydrogen-bond donors (Lipinski definition) is 1. The molecule has 3 unspecified atom stereocenters. The van der Waals surface area contributed by atoms with Crippen LogP contribution in [0.25, 0.3) is 0 Å². The first kappa shape index (κ1) is 19.2. The molecule has 24 heavy (non-hydrogen) atoms. The first-order valence-corrected chi connectivity index (χ1v) is 9.22. The summed E-state index contributed by atoms with van der Waals surface area (Å²) in [6.45, 7) is 11.2. The van der Waals surface area contributed by atoms with Gasteiger partial charge in [-0.05, 0) is 61.3 Å². The fourth-order valence-corrected chi connectivity index (χ4v) is 3.48. The van der Waals surface area contributed by atoms with Gasteiger partial charge in [0.15, 0.2) is 6.10 Å². The van der Waals surface area contributed by atoms with Crippen molar-refractivity contribution in [2.24, 2.45) is 0 Å². The molecule has 1 N–H and O–H groups in total. The highest BCUT2D eigenvalue weighted by molar-refractivity contribution is 9.10. The smallest absolute Gasteiger partial charge is 0.260 e. The van der Waals surface area contributed by atoms with Crippen LogP contribution in [-0.4, -0.2) is 55.3 Å². The summed E-state index contributed by atoms with van der Waals surface area (Å²) >= 11 is 3.47. The fraction of sp³-hybridized carbons (Fsp3) is 0.611. The van der Waals surface area contributed by atoms with Crippen molar-refractivity contribution in [1.29, 1.82) is 0 Å². The molecule has 0 spiro atoms. The lowest BCUT2D eigenvalue weighted by atomic mass is 10.2. The van der Waals surface area contributed by atoms with Gasteiger partial charge in [0.05, 0.1) is 16.7 Å². The lowest BCUT2D eigenvalue weighted by molar-refractivity contribution is -0.127. The largest absolute Gasteiger partial charge is 0.480 e. The van der Waals surface area contributed by atoms with Crippen LogP contribution < -0.4 is 10.1 Å². The summed E-state index contributed by atoms with van der Waals surface area (Å²) in [6.07, 6.45) is -0.0530. The van der Waals surface area contributed by atoms with E-state index in [4.69, 9.17) is 9.47 Å². The lowest BCUT2D eigenvalue weighted by Gasteiger charge is -2.35. The van der Waals surface area contributed by atoms with Crippen molar-refractivity contribution in [2.45, 2.75) is 46.0 Å². The van der Waals surface area contributed by atoms with Crippen molar-refractivity contribution >= 4 is 21.8 Å². The van der Waals surface area contributed by atoms with E-state index < -0.39 is 6.10 Å². The molecule has 0 saturated carbocycles. The van der Waals surface area contributed by atoms with Gasteiger partial charge in [0.1, 0.15) is 5.75 Å². The Morgan fingerprint density at radius 1 is 1.42 bits per heavy atom. The van der Waals surface area contributed by atoms with Crippen LogP contribution >= 0.6 is 15.9 Å². The van der Waals surface area contributed by atoms with E-state index >= 15 is 0 Å². The molecular weight excluding hydrogens is 372 g/mol. The summed E-state index contributed by atoms with van der Waals surface area (Å²) in [5, 5.41) is 2.95.